The second-order valence-corrected chi connectivity index (χ2v) is 9.45. The quantitative estimate of drug-likeness (QED) is 0.190. The van der Waals surface area contributed by atoms with Gasteiger partial charge in [0.15, 0.2) is 23.1 Å². The Balaban J connectivity index is 1.35. The normalized spacial score (nSPS) is 11.6. The molecule has 0 bridgehead atoms. The van der Waals surface area contributed by atoms with E-state index in [1.54, 1.807) is 78.9 Å². The minimum atomic E-state index is -0.268. The van der Waals surface area contributed by atoms with Crippen molar-refractivity contribution >= 4 is 46.3 Å². The van der Waals surface area contributed by atoms with Gasteiger partial charge in [-0.05, 0) is 24.3 Å². The fraction of sp³-hybridized carbons (Fsp3) is 0.0667. The molecule has 1 aliphatic rings. The van der Waals surface area contributed by atoms with Crippen LogP contribution in [0.15, 0.2) is 107 Å². The predicted molar refractivity (Wildman–Crippen MR) is 140 cm³/mol. The smallest absolute Gasteiger partial charge is 0.171 e. The van der Waals surface area contributed by atoms with Crippen molar-refractivity contribution in [3.05, 3.63) is 119 Å². The second-order valence-electron chi connectivity index (χ2n) is 8.40. The monoisotopic (exact) mass is 491 g/mol. The fourth-order valence-corrected chi connectivity index (χ4v) is 5.20. The molecule has 0 radical (unpaired) electrons. The summed E-state index contributed by atoms with van der Waals surface area (Å²) >= 11 is 1.38. The number of Topliss-reactive ketones (excluding diaryl/α,β-unsaturated/α-hetero) is 4. The van der Waals surface area contributed by atoms with Gasteiger partial charge in [-0.2, -0.15) is 0 Å². The maximum atomic E-state index is 13.1. The fourth-order valence-electron chi connectivity index (χ4n) is 4.04. The highest BCUT2D eigenvalue weighted by Gasteiger charge is 2.24. The van der Waals surface area contributed by atoms with Gasteiger partial charge in [-0.1, -0.05) is 84.6 Å². The van der Waals surface area contributed by atoms with Crippen molar-refractivity contribution in [2.24, 2.45) is 0 Å². The number of fused-ring (bicyclic) bond motifs is 2. The third-order valence-electron chi connectivity index (χ3n) is 5.93. The van der Waals surface area contributed by atoms with Crippen molar-refractivity contribution in [1.82, 2.24) is 0 Å². The van der Waals surface area contributed by atoms with E-state index in [0.717, 1.165) is 16.3 Å². The molecule has 0 aromatic heterocycles. The van der Waals surface area contributed by atoms with Crippen molar-refractivity contribution in [3.8, 4) is 0 Å². The maximum absolute atomic E-state index is 13.1. The molecule has 0 saturated carbocycles. The molecule has 0 saturated heterocycles. The summed E-state index contributed by atoms with van der Waals surface area (Å²) < 4.78 is 0. The molecule has 0 aliphatic carbocycles. The van der Waals surface area contributed by atoms with Gasteiger partial charge in [0.05, 0.1) is 24.2 Å². The first-order valence-corrected chi connectivity index (χ1v) is 12.3. The lowest BCUT2D eigenvalue weighted by Crippen LogP contribution is -2.12. The Morgan fingerprint density at radius 3 is 1.78 bits per heavy atom. The van der Waals surface area contributed by atoms with Crippen molar-refractivity contribution in [2.45, 2.75) is 22.6 Å². The van der Waals surface area contributed by atoms with Crippen molar-refractivity contribution in [2.75, 3.05) is 5.32 Å². The molecule has 5 rings (SSSR count). The van der Waals surface area contributed by atoms with Gasteiger partial charge in [-0.3, -0.25) is 19.2 Å². The van der Waals surface area contributed by atoms with Gasteiger partial charge in [0.1, 0.15) is 0 Å². The zero-order chi connectivity index (χ0) is 25.1. The molecule has 4 aromatic carbocycles. The van der Waals surface area contributed by atoms with E-state index in [4.69, 9.17) is 0 Å². The highest BCUT2D eigenvalue weighted by molar-refractivity contribution is 7.99. The molecule has 0 spiro atoms. The van der Waals surface area contributed by atoms with E-state index < -0.39 is 0 Å². The van der Waals surface area contributed by atoms with E-state index in [1.807, 2.05) is 18.2 Å². The largest absolute Gasteiger partial charge is 0.354 e. The van der Waals surface area contributed by atoms with Crippen LogP contribution in [0.2, 0.25) is 0 Å². The Bertz CT molecular complexity index is 1500. The molecule has 6 heteroatoms. The molecule has 1 heterocycles. The molecule has 0 atom stereocenters. The molecule has 5 nitrogen and oxygen atoms in total. The number of benzene rings is 4. The third kappa shape index (κ3) is 4.90. The first-order chi connectivity index (χ1) is 17.5. The minimum absolute atomic E-state index is 0.219. The van der Waals surface area contributed by atoms with Crippen LogP contribution in [0.4, 0.5) is 11.4 Å². The van der Waals surface area contributed by atoms with E-state index in [2.05, 4.69) is 5.32 Å². The van der Waals surface area contributed by atoms with Crippen LogP contribution < -0.4 is 5.32 Å². The number of carbonyl (C=O) groups is 4. The summed E-state index contributed by atoms with van der Waals surface area (Å²) in [7, 11) is 0. The van der Waals surface area contributed by atoms with Gasteiger partial charge < -0.3 is 5.32 Å². The Morgan fingerprint density at radius 2 is 1.14 bits per heavy atom. The van der Waals surface area contributed by atoms with Crippen molar-refractivity contribution < 1.29 is 19.2 Å². The number of anilines is 2. The van der Waals surface area contributed by atoms with Crippen molar-refractivity contribution in [3.63, 3.8) is 0 Å². The number of hydrogen-bond acceptors (Lipinski definition) is 6. The van der Waals surface area contributed by atoms with Crippen LogP contribution >= 0.6 is 11.8 Å². The Labute approximate surface area is 212 Å². The lowest BCUT2D eigenvalue weighted by molar-refractivity contribution is 0.0877. The van der Waals surface area contributed by atoms with Gasteiger partial charge in [0.2, 0.25) is 0 Å². The van der Waals surface area contributed by atoms with Crippen LogP contribution in [0.5, 0.6) is 0 Å². The highest BCUT2D eigenvalue weighted by Crippen LogP contribution is 2.46. The summed E-state index contributed by atoms with van der Waals surface area (Å²) in [5.74, 6) is -0.997. The summed E-state index contributed by atoms with van der Waals surface area (Å²) in [4.78, 5) is 52.5. The number of rotatable bonds is 8. The van der Waals surface area contributed by atoms with Crippen LogP contribution in [0.3, 0.4) is 0 Å². The first kappa shape index (κ1) is 23.5. The lowest BCUT2D eigenvalue weighted by Gasteiger charge is -2.23. The van der Waals surface area contributed by atoms with E-state index in [-0.39, 0.29) is 36.0 Å². The Hall–Kier alpha value is -4.29. The molecule has 0 amide bonds. The average Bonchev–Trinajstić information content (AvgIpc) is 2.92. The van der Waals surface area contributed by atoms with Crippen molar-refractivity contribution in [1.29, 1.82) is 0 Å². The van der Waals surface area contributed by atoms with Gasteiger partial charge >= 0.3 is 0 Å². The second kappa shape index (κ2) is 10.1. The Morgan fingerprint density at radius 1 is 0.556 bits per heavy atom. The molecule has 1 aliphatic heterocycles. The topological polar surface area (TPSA) is 80.3 Å². The highest BCUT2D eigenvalue weighted by atomic mass is 32.2. The van der Waals surface area contributed by atoms with Crippen LogP contribution in [0.25, 0.3) is 0 Å². The Kier molecular flexibility index (Phi) is 6.60. The minimum Gasteiger partial charge on any atom is -0.354 e. The summed E-state index contributed by atoms with van der Waals surface area (Å²) in [5, 5.41) is 3.32. The molecule has 0 fully saturated rings. The summed E-state index contributed by atoms with van der Waals surface area (Å²) in [5.41, 5.74) is 3.46. The average molecular weight is 492 g/mol. The SMILES string of the molecule is O=C(CC(=O)c1ccc2c(c1)Sc1c(cccc1C(=O)CC(=O)c1ccccc1)N2)c1ccccc1. The van der Waals surface area contributed by atoms with Gasteiger partial charge in [0, 0.05) is 32.0 Å². The van der Waals surface area contributed by atoms with Gasteiger partial charge in [-0.25, -0.2) is 0 Å². The molecule has 4 aromatic rings. The zero-order valence-electron chi connectivity index (χ0n) is 19.2. The lowest BCUT2D eigenvalue weighted by atomic mass is 10.0. The summed E-state index contributed by atoms with van der Waals surface area (Å²) in [6.45, 7) is 0. The number of hydrogen-bond donors (Lipinski definition) is 1. The van der Waals surface area contributed by atoms with E-state index in [9.17, 15) is 19.2 Å². The zero-order valence-corrected chi connectivity index (χ0v) is 20.0. The van der Waals surface area contributed by atoms with Gasteiger partial charge in [-0.15, -0.1) is 0 Å². The molecule has 36 heavy (non-hydrogen) atoms. The number of nitrogens with one attached hydrogen (secondary N) is 1. The molecular weight excluding hydrogens is 470 g/mol. The first-order valence-electron chi connectivity index (χ1n) is 11.4. The summed E-state index contributed by atoms with van der Waals surface area (Å²) in [6.07, 6.45) is -0.448. The maximum Gasteiger partial charge on any atom is 0.171 e. The van der Waals surface area contributed by atoms with E-state index >= 15 is 0 Å². The number of carbonyl (C=O) groups excluding carboxylic acids is 4. The van der Waals surface area contributed by atoms with Crippen LogP contribution in [0.1, 0.15) is 54.3 Å². The van der Waals surface area contributed by atoms with Crippen LogP contribution in [-0.2, 0) is 0 Å². The molecule has 0 unspecified atom stereocenters. The van der Waals surface area contributed by atoms with Crippen LogP contribution in [0, 0.1) is 0 Å². The number of ketones is 4. The van der Waals surface area contributed by atoms with Gasteiger partial charge in [0.25, 0.3) is 0 Å². The van der Waals surface area contributed by atoms with E-state index in [1.165, 1.54) is 11.8 Å². The predicted octanol–water partition coefficient (Wildman–Crippen LogP) is 6.81. The third-order valence-corrected chi connectivity index (χ3v) is 7.14. The van der Waals surface area contributed by atoms with E-state index in [0.29, 0.717) is 27.1 Å². The van der Waals surface area contributed by atoms with Crippen LogP contribution in [-0.4, -0.2) is 23.1 Å². The molecule has 176 valence electrons. The summed E-state index contributed by atoms with van der Waals surface area (Å²) in [6, 6.07) is 28.1. The molecular formula is C30H21NO4S. The standard InChI is InChI=1S/C30H21NO4S/c32-25(19-8-3-1-4-9-19)17-27(34)21-14-15-23-29(16-21)36-30-22(12-7-13-24(30)31-23)28(35)18-26(33)20-10-5-2-6-11-20/h1-16,31H,17-18H2. The molecule has 1 N–H and O–H groups in total.